The number of carbonyl (C=O) groups excluding carboxylic acids is 2. The SMILES string of the molecule is COc1ccc(/C=C/C(=O)Nc2cc(-c3ccco3)nn2C2NC(=O)CC(C)N2)cc1OC. The Labute approximate surface area is 190 Å². The number of aromatic nitrogens is 2. The highest BCUT2D eigenvalue weighted by Gasteiger charge is 2.27. The predicted molar refractivity (Wildman–Crippen MR) is 122 cm³/mol. The highest BCUT2D eigenvalue weighted by Crippen LogP contribution is 2.28. The van der Waals surface area contributed by atoms with Crippen LogP contribution in [0.4, 0.5) is 5.82 Å². The number of methoxy groups -OCH3 is 2. The molecule has 172 valence electrons. The standard InChI is InChI=1S/C23H25N5O5/c1-14-11-22(30)26-23(24-14)28-20(13-16(27-28)17-5-4-10-33-17)25-21(29)9-7-15-6-8-18(31-2)19(12-15)32-3/h4-10,12-14,23-24H,11H2,1-3H3,(H,25,29)(H,26,30)/b9-7+. The summed E-state index contributed by atoms with van der Waals surface area (Å²) in [7, 11) is 3.11. The van der Waals surface area contributed by atoms with E-state index in [9.17, 15) is 9.59 Å². The fourth-order valence-corrected chi connectivity index (χ4v) is 3.52. The van der Waals surface area contributed by atoms with Gasteiger partial charge in [-0.15, -0.1) is 0 Å². The molecule has 0 spiro atoms. The van der Waals surface area contributed by atoms with Crippen molar-refractivity contribution in [2.75, 3.05) is 19.5 Å². The molecule has 2 aromatic heterocycles. The Balaban J connectivity index is 1.57. The Morgan fingerprint density at radius 2 is 2.06 bits per heavy atom. The summed E-state index contributed by atoms with van der Waals surface area (Å²) in [5, 5.41) is 13.5. The molecule has 3 aromatic rings. The van der Waals surface area contributed by atoms with Crippen LogP contribution in [0.3, 0.4) is 0 Å². The zero-order valence-corrected chi connectivity index (χ0v) is 18.5. The summed E-state index contributed by atoms with van der Waals surface area (Å²) in [6.45, 7) is 1.91. The molecule has 33 heavy (non-hydrogen) atoms. The number of rotatable bonds is 7. The first-order chi connectivity index (χ1) is 16.0. The summed E-state index contributed by atoms with van der Waals surface area (Å²) >= 11 is 0. The van der Waals surface area contributed by atoms with E-state index in [0.717, 1.165) is 5.56 Å². The van der Waals surface area contributed by atoms with E-state index >= 15 is 0 Å². The number of nitrogens with zero attached hydrogens (tertiary/aromatic N) is 2. The Morgan fingerprint density at radius 3 is 2.76 bits per heavy atom. The largest absolute Gasteiger partial charge is 0.493 e. The van der Waals surface area contributed by atoms with E-state index in [1.54, 1.807) is 56.9 Å². The van der Waals surface area contributed by atoms with E-state index in [0.29, 0.717) is 35.2 Å². The van der Waals surface area contributed by atoms with Gasteiger partial charge in [-0.25, -0.2) is 4.68 Å². The van der Waals surface area contributed by atoms with Crippen LogP contribution < -0.4 is 25.4 Å². The molecule has 4 rings (SSSR count). The lowest BCUT2D eigenvalue weighted by Gasteiger charge is -2.30. The monoisotopic (exact) mass is 451 g/mol. The van der Waals surface area contributed by atoms with Gasteiger partial charge in [0.25, 0.3) is 0 Å². The van der Waals surface area contributed by atoms with Crippen LogP contribution in [0.25, 0.3) is 17.5 Å². The molecule has 1 aromatic carbocycles. The molecule has 10 nitrogen and oxygen atoms in total. The van der Waals surface area contributed by atoms with E-state index in [1.165, 1.54) is 10.8 Å². The molecule has 2 unspecified atom stereocenters. The van der Waals surface area contributed by atoms with Crippen molar-refractivity contribution in [1.29, 1.82) is 0 Å². The minimum Gasteiger partial charge on any atom is -0.493 e. The van der Waals surface area contributed by atoms with Gasteiger partial charge in [0.15, 0.2) is 23.5 Å². The van der Waals surface area contributed by atoms with Crippen LogP contribution >= 0.6 is 0 Å². The van der Waals surface area contributed by atoms with Gasteiger partial charge in [0.05, 0.1) is 20.5 Å². The smallest absolute Gasteiger partial charge is 0.249 e. The molecular formula is C23H25N5O5. The third-order valence-electron chi connectivity index (χ3n) is 5.07. The fourth-order valence-electron chi connectivity index (χ4n) is 3.52. The summed E-state index contributed by atoms with van der Waals surface area (Å²) in [6.07, 6.45) is 4.35. The number of hydrogen-bond acceptors (Lipinski definition) is 7. The molecular weight excluding hydrogens is 426 g/mol. The minimum absolute atomic E-state index is 0.0477. The van der Waals surface area contributed by atoms with E-state index in [1.807, 2.05) is 13.0 Å². The van der Waals surface area contributed by atoms with Gasteiger partial charge in [-0.05, 0) is 42.8 Å². The van der Waals surface area contributed by atoms with Crippen LogP contribution in [0.1, 0.15) is 25.2 Å². The number of nitrogens with one attached hydrogen (secondary N) is 3. The molecule has 0 radical (unpaired) electrons. The maximum absolute atomic E-state index is 12.7. The van der Waals surface area contributed by atoms with Crippen LogP contribution in [-0.2, 0) is 9.59 Å². The minimum atomic E-state index is -0.616. The molecule has 0 bridgehead atoms. The molecule has 0 saturated carbocycles. The number of hydrogen-bond donors (Lipinski definition) is 3. The number of carbonyl (C=O) groups is 2. The summed E-state index contributed by atoms with van der Waals surface area (Å²) in [4.78, 5) is 24.8. The highest BCUT2D eigenvalue weighted by molar-refractivity contribution is 6.01. The van der Waals surface area contributed by atoms with Crippen LogP contribution in [0.5, 0.6) is 11.5 Å². The van der Waals surface area contributed by atoms with Gasteiger partial charge in [0.2, 0.25) is 11.8 Å². The molecule has 0 aliphatic carbocycles. The number of amides is 2. The van der Waals surface area contributed by atoms with Crippen molar-refractivity contribution in [1.82, 2.24) is 20.4 Å². The van der Waals surface area contributed by atoms with E-state index in [4.69, 9.17) is 13.9 Å². The normalized spacial score (nSPS) is 18.2. The van der Waals surface area contributed by atoms with Gasteiger partial charge in [-0.1, -0.05) is 6.07 Å². The number of anilines is 1. The Kier molecular flexibility index (Phi) is 6.45. The van der Waals surface area contributed by atoms with Crippen molar-refractivity contribution in [3.63, 3.8) is 0 Å². The molecule has 1 aliphatic rings. The van der Waals surface area contributed by atoms with E-state index in [-0.39, 0.29) is 17.9 Å². The maximum atomic E-state index is 12.7. The molecule has 1 aliphatic heterocycles. The van der Waals surface area contributed by atoms with Crippen LogP contribution in [0, 0.1) is 0 Å². The second-order valence-electron chi connectivity index (χ2n) is 7.52. The summed E-state index contributed by atoms with van der Waals surface area (Å²) in [6, 6.07) is 10.5. The second kappa shape index (κ2) is 9.61. The van der Waals surface area contributed by atoms with Gasteiger partial charge < -0.3 is 24.5 Å². The summed E-state index contributed by atoms with van der Waals surface area (Å²) in [5.41, 5.74) is 1.29. The molecule has 2 atom stereocenters. The first kappa shape index (κ1) is 22.2. The topological polar surface area (TPSA) is 120 Å². The van der Waals surface area contributed by atoms with Crippen molar-refractivity contribution < 1.29 is 23.5 Å². The van der Waals surface area contributed by atoms with Crippen molar-refractivity contribution in [2.24, 2.45) is 0 Å². The van der Waals surface area contributed by atoms with Crippen molar-refractivity contribution in [2.45, 2.75) is 25.7 Å². The Bertz CT molecular complexity index is 1170. The van der Waals surface area contributed by atoms with Crippen molar-refractivity contribution >= 4 is 23.7 Å². The zero-order chi connectivity index (χ0) is 23.4. The van der Waals surface area contributed by atoms with Crippen LogP contribution in [0.2, 0.25) is 0 Å². The third kappa shape index (κ3) is 5.07. The van der Waals surface area contributed by atoms with Gasteiger partial charge in [-0.3, -0.25) is 14.9 Å². The lowest BCUT2D eigenvalue weighted by atomic mass is 10.2. The second-order valence-corrected chi connectivity index (χ2v) is 7.52. The molecule has 3 heterocycles. The summed E-state index contributed by atoms with van der Waals surface area (Å²) < 4.78 is 17.5. The molecule has 2 amide bonds. The number of benzene rings is 1. The molecule has 1 fully saturated rings. The van der Waals surface area contributed by atoms with Crippen molar-refractivity contribution in [3.8, 4) is 23.0 Å². The van der Waals surface area contributed by atoms with E-state index < -0.39 is 6.29 Å². The lowest BCUT2D eigenvalue weighted by molar-refractivity contribution is -0.125. The zero-order valence-electron chi connectivity index (χ0n) is 18.5. The fraction of sp³-hybridized carbons (Fsp3) is 0.261. The Morgan fingerprint density at radius 1 is 1.24 bits per heavy atom. The lowest BCUT2D eigenvalue weighted by Crippen LogP contribution is -2.52. The first-order valence-electron chi connectivity index (χ1n) is 10.4. The summed E-state index contributed by atoms with van der Waals surface area (Å²) in [5.74, 6) is 1.63. The molecule has 10 heteroatoms. The average Bonchev–Trinajstić information content (AvgIpc) is 3.47. The van der Waals surface area contributed by atoms with Gasteiger partial charge in [0, 0.05) is 24.6 Å². The van der Waals surface area contributed by atoms with Gasteiger partial charge in [0.1, 0.15) is 11.5 Å². The van der Waals surface area contributed by atoms with Gasteiger partial charge in [-0.2, -0.15) is 5.10 Å². The molecule has 3 N–H and O–H groups in total. The van der Waals surface area contributed by atoms with Crippen LogP contribution in [0.15, 0.2) is 53.2 Å². The average molecular weight is 451 g/mol. The van der Waals surface area contributed by atoms with Crippen molar-refractivity contribution in [3.05, 3.63) is 54.3 Å². The van der Waals surface area contributed by atoms with Crippen LogP contribution in [-0.4, -0.2) is 41.9 Å². The predicted octanol–water partition coefficient (Wildman–Crippen LogP) is 2.77. The number of furan rings is 1. The molecule has 1 saturated heterocycles. The number of ether oxygens (including phenoxy) is 2. The van der Waals surface area contributed by atoms with E-state index in [2.05, 4.69) is 21.0 Å². The third-order valence-corrected chi connectivity index (χ3v) is 5.07. The first-order valence-corrected chi connectivity index (χ1v) is 10.4. The highest BCUT2D eigenvalue weighted by atomic mass is 16.5. The maximum Gasteiger partial charge on any atom is 0.249 e. The quantitative estimate of drug-likeness (QED) is 0.473. The Hall–Kier alpha value is -4.05. The van der Waals surface area contributed by atoms with Gasteiger partial charge >= 0.3 is 0 Å².